The van der Waals surface area contributed by atoms with Gasteiger partial charge in [0.25, 0.3) is 0 Å². The average molecular weight is 522 g/mol. The number of aliphatic carboxylic acids is 1. The predicted octanol–water partition coefficient (Wildman–Crippen LogP) is 4.99. The van der Waals surface area contributed by atoms with Gasteiger partial charge < -0.3 is 25.1 Å². The van der Waals surface area contributed by atoms with Gasteiger partial charge >= 0.3 is 23.9 Å². The summed E-state index contributed by atoms with van der Waals surface area (Å²) in [6, 6.07) is 3.23. The number of carbonyl (C=O) groups is 4. The van der Waals surface area contributed by atoms with E-state index in [1.165, 1.54) is 12.1 Å². The van der Waals surface area contributed by atoms with Crippen molar-refractivity contribution in [1.82, 2.24) is 0 Å². The van der Waals surface area contributed by atoms with Crippen LogP contribution in [0, 0.1) is 11.8 Å². The smallest absolute Gasteiger partial charge is 0.321 e. The summed E-state index contributed by atoms with van der Waals surface area (Å²) in [6.07, 6.45) is 2.90. The third-order valence-corrected chi connectivity index (χ3v) is 6.14. The van der Waals surface area contributed by atoms with E-state index in [1.807, 2.05) is 27.7 Å². The number of unbranched alkanes of at least 4 members (excludes halogenated alkanes) is 2. The van der Waals surface area contributed by atoms with Crippen LogP contribution in [-0.2, 0) is 23.9 Å². The fraction of sp³-hybridized carbons (Fsp3) is 0.643. The van der Waals surface area contributed by atoms with Gasteiger partial charge in [-0.2, -0.15) is 0 Å². The zero-order valence-corrected chi connectivity index (χ0v) is 23.0. The van der Waals surface area contributed by atoms with Crippen LogP contribution in [0.25, 0.3) is 0 Å². The third kappa shape index (κ3) is 10.9. The number of rotatable bonds is 16. The SMILES string of the molecule is CCCCC(=O)Oc1ccc(C(C(C)C(C)OC(=O)CC(C)C)[C@H](N)C(=O)O)cc1OC(=O)CCCC. The predicted molar refractivity (Wildman–Crippen MR) is 139 cm³/mol. The molecule has 0 bridgehead atoms. The van der Waals surface area contributed by atoms with Crippen LogP contribution in [0.4, 0.5) is 0 Å². The minimum absolute atomic E-state index is 0.0164. The van der Waals surface area contributed by atoms with E-state index in [1.54, 1.807) is 19.9 Å². The highest BCUT2D eigenvalue weighted by Crippen LogP contribution is 2.37. The Kier molecular flexibility index (Phi) is 13.9. The first kappa shape index (κ1) is 32.1. The molecule has 1 aromatic rings. The molecule has 0 aromatic heterocycles. The lowest BCUT2D eigenvalue weighted by atomic mass is 9.79. The van der Waals surface area contributed by atoms with E-state index in [2.05, 4.69) is 0 Å². The van der Waals surface area contributed by atoms with E-state index in [4.69, 9.17) is 19.9 Å². The molecule has 37 heavy (non-hydrogen) atoms. The summed E-state index contributed by atoms with van der Waals surface area (Å²) in [5, 5.41) is 9.73. The van der Waals surface area contributed by atoms with Crippen LogP contribution < -0.4 is 15.2 Å². The first-order chi connectivity index (χ1) is 17.4. The normalized spacial score (nSPS) is 14.4. The molecule has 208 valence electrons. The van der Waals surface area contributed by atoms with Crippen molar-refractivity contribution in [3.05, 3.63) is 23.8 Å². The lowest BCUT2D eigenvalue weighted by Crippen LogP contribution is -2.42. The minimum atomic E-state index is -1.33. The third-order valence-electron chi connectivity index (χ3n) is 6.14. The number of nitrogens with two attached hydrogens (primary N) is 1. The number of carbonyl (C=O) groups excluding carboxylic acids is 3. The summed E-state index contributed by atoms with van der Waals surface area (Å²) in [5.74, 6) is -3.65. The monoisotopic (exact) mass is 521 g/mol. The molecule has 3 N–H and O–H groups in total. The van der Waals surface area contributed by atoms with Crippen LogP contribution in [0.15, 0.2) is 18.2 Å². The van der Waals surface area contributed by atoms with Gasteiger partial charge in [-0.15, -0.1) is 0 Å². The van der Waals surface area contributed by atoms with Gasteiger partial charge in [0.2, 0.25) is 0 Å². The molecule has 0 spiro atoms. The molecule has 0 aliphatic heterocycles. The van der Waals surface area contributed by atoms with E-state index in [9.17, 15) is 24.3 Å². The molecular weight excluding hydrogens is 478 g/mol. The zero-order chi connectivity index (χ0) is 28.1. The first-order valence-corrected chi connectivity index (χ1v) is 13.1. The van der Waals surface area contributed by atoms with Crippen molar-refractivity contribution in [2.75, 3.05) is 0 Å². The van der Waals surface area contributed by atoms with Gasteiger partial charge in [-0.05, 0) is 43.4 Å². The summed E-state index contributed by atoms with van der Waals surface area (Å²) >= 11 is 0. The Balaban J connectivity index is 3.38. The highest BCUT2D eigenvalue weighted by Gasteiger charge is 2.35. The number of ether oxygens (including phenoxy) is 3. The first-order valence-electron chi connectivity index (χ1n) is 13.1. The highest BCUT2D eigenvalue weighted by atomic mass is 16.6. The zero-order valence-electron chi connectivity index (χ0n) is 23.0. The Morgan fingerprint density at radius 2 is 1.41 bits per heavy atom. The Morgan fingerprint density at radius 3 is 1.89 bits per heavy atom. The second-order valence-corrected chi connectivity index (χ2v) is 9.90. The number of carboxylic acids is 1. The van der Waals surface area contributed by atoms with Gasteiger partial charge in [-0.1, -0.05) is 53.5 Å². The summed E-state index contributed by atoms with van der Waals surface area (Å²) in [4.78, 5) is 48.8. The molecule has 1 aromatic carbocycles. The summed E-state index contributed by atoms with van der Waals surface area (Å²) < 4.78 is 16.6. The molecular formula is C28H43NO8. The van der Waals surface area contributed by atoms with Crippen molar-refractivity contribution in [2.45, 2.75) is 105 Å². The lowest BCUT2D eigenvalue weighted by Gasteiger charge is -2.32. The number of hydrogen-bond donors (Lipinski definition) is 2. The van der Waals surface area contributed by atoms with Crippen LogP contribution in [-0.4, -0.2) is 41.1 Å². The van der Waals surface area contributed by atoms with Crippen LogP contribution in [0.5, 0.6) is 11.5 Å². The van der Waals surface area contributed by atoms with Crippen LogP contribution in [0.1, 0.15) is 98.0 Å². The Morgan fingerprint density at radius 1 is 0.865 bits per heavy atom. The topological polar surface area (TPSA) is 142 Å². The second-order valence-electron chi connectivity index (χ2n) is 9.90. The Hall–Kier alpha value is -2.94. The van der Waals surface area contributed by atoms with E-state index in [0.29, 0.717) is 18.4 Å². The molecule has 0 saturated carbocycles. The molecule has 0 aliphatic carbocycles. The molecule has 9 heteroatoms. The number of benzene rings is 1. The maximum atomic E-state index is 12.4. The maximum absolute atomic E-state index is 12.4. The van der Waals surface area contributed by atoms with Gasteiger partial charge in [0.1, 0.15) is 12.1 Å². The molecule has 4 atom stereocenters. The number of esters is 3. The van der Waals surface area contributed by atoms with Gasteiger partial charge in [0.05, 0.1) is 0 Å². The molecule has 3 unspecified atom stereocenters. The van der Waals surface area contributed by atoms with Crippen molar-refractivity contribution < 1.29 is 38.5 Å². The van der Waals surface area contributed by atoms with Gasteiger partial charge in [-0.3, -0.25) is 19.2 Å². The molecule has 0 radical (unpaired) electrons. The van der Waals surface area contributed by atoms with Crippen molar-refractivity contribution in [3.63, 3.8) is 0 Å². The minimum Gasteiger partial charge on any atom is -0.480 e. The van der Waals surface area contributed by atoms with E-state index < -0.39 is 41.9 Å². The molecule has 9 nitrogen and oxygen atoms in total. The standard InChI is InChI=1S/C28H43NO8/c1-7-9-11-23(30)36-21-14-13-20(16-22(21)37-24(31)12-10-8-2)26(27(29)28(33)34)18(5)19(6)35-25(32)15-17(3)4/h13-14,16-19,26-27H,7-12,15,29H2,1-6H3,(H,33,34)/t18?,19?,26?,27-/m0/s1. The van der Waals surface area contributed by atoms with Crippen LogP contribution in [0.3, 0.4) is 0 Å². The van der Waals surface area contributed by atoms with Crippen molar-refractivity contribution >= 4 is 23.9 Å². The summed E-state index contributed by atoms with van der Waals surface area (Å²) in [6.45, 7) is 11.2. The van der Waals surface area contributed by atoms with E-state index >= 15 is 0 Å². The second kappa shape index (κ2) is 16.0. The summed E-state index contributed by atoms with van der Waals surface area (Å²) in [5.41, 5.74) is 6.56. The fourth-order valence-corrected chi connectivity index (χ4v) is 3.87. The molecule has 0 amide bonds. The van der Waals surface area contributed by atoms with E-state index in [0.717, 1.165) is 12.8 Å². The van der Waals surface area contributed by atoms with Gasteiger partial charge in [0, 0.05) is 31.1 Å². The molecule has 0 heterocycles. The Labute approximate surface area is 220 Å². The van der Waals surface area contributed by atoms with Crippen LogP contribution >= 0.6 is 0 Å². The van der Waals surface area contributed by atoms with Crippen molar-refractivity contribution in [1.29, 1.82) is 0 Å². The molecule has 0 saturated heterocycles. The van der Waals surface area contributed by atoms with Crippen molar-refractivity contribution in [2.24, 2.45) is 17.6 Å². The number of hydrogen-bond acceptors (Lipinski definition) is 8. The average Bonchev–Trinajstić information content (AvgIpc) is 2.82. The van der Waals surface area contributed by atoms with Crippen LogP contribution in [0.2, 0.25) is 0 Å². The fourth-order valence-electron chi connectivity index (χ4n) is 3.87. The maximum Gasteiger partial charge on any atom is 0.321 e. The summed E-state index contributed by atoms with van der Waals surface area (Å²) in [7, 11) is 0. The molecule has 1 rings (SSSR count). The van der Waals surface area contributed by atoms with Crippen molar-refractivity contribution in [3.8, 4) is 11.5 Å². The van der Waals surface area contributed by atoms with Gasteiger partial charge in [-0.25, -0.2) is 0 Å². The van der Waals surface area contributed by atoms with E-state index in [-0.39, 0.29) is 42.6 Å². The molecule has 0 fully saturated rings. The van der Waals surface area contributed by atoms with Gasteiger partial charge in [0.15, 0.2) is 11.5 Å². The largest absolute Gasteiger partial charge is 0.480 e. The lowest BCUT2D eigenvalue weighted by molar-refractivity contribution is -0.152. The molecule has 0 aliphatic rings. The quantitative estimate of drug-likeness (QED) is 0.227. The number of carboxylic acid groups (broad SMARTS) is 1. The Bertz CT molecular complexity index is 913. The highest BCUT2D eigenvalue weighted by molar-refractivity contribution is 5.77.